The zero-order valence-corrected chi connectivity index (χ0v) is 13.8. The Morgan fingerprint density at radius 2 is 1.86 bits per heavy atom. The van der Waals surface area contributed by atoms with Gasteiger partial charge in [0.1, 0.15) is 0 Å². The fraction of sp³-hybridized carbons (Fsp3) is 0.647. The highest BCUT2D eigenvalue weighted by Gasteiger charge is 2.28. The lowest BCUT2D eigenvalue weighted by atomic mass is 9.77. The molecule has 118 valence electrons. The zero-order chi connectivity index (χ0) is 15.4. The lowest BCUT2D eigenvalue weighted by molar-refractivity contribution is 0.0727. The van der Waals surface area contributed by atoms with Crippen LogP contribution in [0.25, 0.3) is 0 Å². The first-order valence-corrected chi connectivity index (χ1v) is 8.07. The van der Waals surface area contributed by atoms with Crippen LogP contribution in [0.2, 0.25) is 5.02 Å². The second kappa shape index (κ2) is 7.37. The van der Waals surface area contributed by atoms with E-state index in [2.05, 4.69) is 6.92 Å². The van der Waals surface area contributed by atoms with Crippen molar-refractivity contribution in [3.63, 3.8) is 0 Å². The Bertz CT molecular complexity index is 467. The van der Waals surface area contributed by atoms with Gasteiger partial charge in [0, 0.05) is 0 Å². The average molecular weight is 313 g/mol. The number of aliphatic hydroxyl groups excluding tert-OH is 1. The van der Waals surface area contributed by atoms with Crippen molar-refractivity contribution in [2.75, 3.05) is 14.2 Å². The average Bonchev–Trinajstić information content (AvgIpc) is 2.53. The van der Waals surface area contributed by atoms with Gasteiger partial charge in [-0.25, -0.2) is 0 Å². The number of aliphatic hydroxyl groups is 1. The maximum absolute atomic E-state index is 10.7. The van der Waals surface area contributed by atoms with Crippen LogP contribution in [0.5, 0.6) is 11.5 Å². The number of halogens is 1. The highest BCUT2D eigenvalue weighted by molar-refractivity contribution is 6.32. The van der Waals surface area contributed by atoms with Crippen molar-refractivity contribution in [1.82, 2.24) is 0 Å². The minimum Gasteiger partial charge on any atom is -0.493 e. The van der Waals surface area contributed by atoms with Crippen LogP contribution < -0.4 is 9.47 Å². The van der Waals surface area contributed by atoms with E-state index in [1.54, 1.807) is 20.3 Å². The van der Waals surface area contributed by atoms with Crippen LogP contribution in [0.3, 0.4) is 0 Å². The van der Waals surface area contributed by atoms with Crippen molar-refractivity contribution in [2.45, 2.75) is 45.1 Å². The number of benzene rings is 1. The van der Waals surface area contributed by atoms with E-state index >= 15 is 0 Å². The van der Waals surface area contributed by atoms with Gasteiger partial charge in [0.25, 0.3) is 0 Å². The summed E-state index contributed by atoms with van der Waals surface area (Å²) in [4.78, 5) is 0. The van der Waals surface area contributed by atoms with Crippen molar-refractivity contribution < 1.29 is 14.6 Å². The van der Waals surface area contributed by atoms with Gasteiger partial charge in [0.05, 0.1) is 25.3 Å². The van der Waals surface area contributed by atoms with Gasteiger partial charge in [-0.05, 0) is 42.4 Å². The topological polar surface area (TPSA) is 38.7 Å². The van der Waals surface area contributed by atoms with Crippen molar-refractivity contribution >= 4 is 11.6 Å². The van der Waals surface area contributed by atoms with E-state index in [9.17, 15) is 5.11 Å². The van der Waals surface area contributed by atoms with Crippen LogP contribution >= 0.6 is 11.6 Å². The molecule has 3 nitrogen and oxygen atoms in total. The van der Waals surface area contributed by atoms with Gasteiger partial charge in [-0.2, -0.15) is 0 Å². The molecule has 0 aliphatic heterocycles. The van der Waals surface area contributed by atoms with Crippen molar-refractivity contribution in [2.24, 2.45) is 11.8 Å². The van der Waals surface area contributed by atoms with E-state index in [-0.39, 0.29) is 0 Å². The molecule has 0 heterocycles. The van der Waals surface area contributed by atoms with Crippen molar-refractivity contribution in [1.29, 1.82) is 0 Å². The lowest BCUT2D eigenvalue weighted by Crippen LogP contribution is -2.20. The van der Waals surface area contributed by atoms with Crippen molar-refractivity contribution in [3.8, 4) is 11.5 Å². The van der Waals surface area contributed by atoms with Gasteiger partial charge in [0.2, 0.25) is 0 Å². The predicted octanol–water partition coefficient (Wildman–Crippen LogP) is 4.61. The molecular formula is C17H25ClO3. The fourth-order valence-electron chi connectivity index (χ4n) is 3.29. The van der Waals surface area contributed by atoms with Gasteiger partial charge in [0.15, 0.2) is 11.5 Å². The molecule has 0 bridgehead atoms. The second-order valence-corrected chi connectivity index (χ2v) is 6.28. The molecule has 1 fully saturated rings. The smallest absolute Gasteiger partial charge is 0.179 e. The number of ether oxygens (including phenoxy) is 2. The molecule has 1 unspecified atom stereocenters. The third kappa shape index (κ3) is 3.64. The molecule has 1 atom stereocenters. The van der Waals surface area contributed by atoms with E-state index < -0.39 is 6.10 Å². The summed E-state index contributed by atoms with van der Waals surface area (Å²) in [5.41, 5.74) is 0.817. The first-order chi connectivity index (χ1) is 10.1. The molecule has 21 heavy (non-hydrogen) atoms. The van der Waals surface area contributed by atoms with Crippen LogP contribution in [0.1, 0.15) is 50.7 Å². The molecule has 1 saturated carbocycles. The minimum atomic E-state index is -0.486. The zero-order valence-electron chi connectivity index (χ0n) is 13.1. The Balaban J connectivity index is 2.16. The first kappa shape index (κ1) is 16.4. The summed E-state index contributed by atoms with van der Waals surface area (Å²) < 4.78 is 10.5. The normalized spacial score (nSPS) is 23.7. The summed E-state index contributed by atoms with van der Waals surface area (Å²) in [5.74, 6) is 2.22. The molecule has 0 spiro atoms. The van der Waals surface area contributed by atoms with Crippen molar-refractivity contribution in [3.05, 3.63) is 22.7 Å². The Morgan fingerprint density at radius 1 is 1.19 bits per heavy atom. The molecule has 1 aliphatic carbocycles. The number of hydrogen-bond acceptors (Lipinski definition) is 3. The second-order valence-electron chi connectivity index (χ2n) is 5.87. The minimum absolute atomic E-state index is 0.307. The molecule has 1 aromatic carbocycles. The van der Waals surface area contributed by atoms with Gasteiger partial charge in [-0.3, -0.25) is 0 Å². The molecule has 0 aromatic heterocycles. The largest absolute Gasteiger partial charge is 0.493 e. The van der Waals surface area contributed by atoms with Gasteiger partial charge < -0.3 is 14.6 Å². The fourth-order valence-corrected chi connectivity index (χ4v) is 3.59. The number of hydrogen-bond donors (Lipinski definition) is 1. The van der Waals surface area contributed by atoms with E-state index in [0.29, 0.717) is 22.4 Å². The quantitative estimate of drug-likeness (QED) is 0.863. The van der Waals surface area contributed by atoms with Crippen LogP contribution in [0.15, 0.2) is 12.1 Å². The highest BCUT2D eigenvalue weighted by atomic mass is 35.5. The molecule has 1 aromatic rings. The van der Waals surface area contributed by atoms with E-state index in [1.165, 1.54) is 19.3 Å². The molecule has 0 radical (unpaired) electrons. The first-order valence-electron chi connectivity index (χ1n) is 7.70. The third-order valence-electron chi connectivity index (χ3n) is 4.71. The molecule has 2 rings (SSSR count). The van der Waals surface area contributed by atoms with Crippen LogP contribution in [-0.4, -0.2) is 19.3 Å². The number of rotatable bonds is 5. The highest BCUT2D eigenvalue weighted by Crippen LogP contribution is 2.42. The molecule has 4 heteroatoms. The van der Waals surface area contributed by atoms with E-state index in [1.807, 2.05) is 6.07 Å². The molecular weight excluding hydrogens is 288 g/mol. The standard InChI is InChI=1S/C17H25ClO3/c1-4-11-5-7-12(8-6-11)16(19)13-9-14(18)17(21-3)15(10-13)20-2/h9-12,16,19H,4-8H2,1-3H3. The predicted molar refractivity (Wildman–Crippen MR) is 85.3 cm³/mol. The summed E-state index contributed by atoms with van der Waals surface area (Å²) in [6.07, 6.45) is 5.32. The molecule has 0 amide bonds. The van der Waals surface area contributed by atoms with Gasteiger partial charge >= 0.3 is 0 Å². The summed E-state index contributed by atoms with van der Waals surface area (Å²) >= 11 is 6.23. The summed E-state index contributed by atoms with van der Waals surface area (Å²) in [5, 5.41) is 11.1. The third-order valence-corrected chi connectivity index (χ3v) is 4.99. The van der Waals surface area contributed by atoms with Crippen LogP contribution in [0.4, 0.5) is 0 Å². The van der Waals surface area contributed by atoms with Crippen LogP contribution in [0, 0.1) is 11.8 Å². The van der Waals surface area contributed by atoms with Gasteiger partial charge in [-0.15, -0.1) is 0 Å². The molecule has 1 N–H and O–H groups in total. The Morgan fingerprint density at radius 3 is 2.38 bits per heavy atom. The SMILES string of the molecule is CCC1CCC(C(O)c2cc(Cl)c(OC)c(OC)c2)CC1. The van der Waals surface area contributed by atoms with Crippen LogP contribution in [-0.2, 0) is 0 Å². The maximum atomic E-state index is 10.7. The maximum Gasteiger partial charge on any atom is 0.179 e. The summed E-state index contributed by atoms with van der Waals surface area (Å²) in [7, 11) is 3.14. The number of methoxy groups -OCH3 is 2. The summed E-state index contributed by atoms with van der Waals surface area (Å²) in [6.45, 7) is 2.25. The van der Waals surface area contributed by atoms with E-state index in [0.717, 1.165) is 24.3 Å². The molecule has 1 aliphatic rings. The molecule has 0 saturated heterocycles. The monoisotopic (exact) mass is 312 g/mol. The summed E-state index contributed by atoms with van der Waals surface area (Å²) in [6, 6.07) is 3.63. The van der Waals surface area contributed by atoms with Gasteiger partial charge in [-0.1, -0.05) is 37.8 Å². The Labute approximate surface area is 132 Å². The lowest BCUT2D eigenvalue weighted by Gasteiger charge is -2.31. The van der Waals surface area contributed by atoms with E-state index in [4.69, 9.17) is 21.1 Å². The Hall–Kier alpha value is -0.930. The Kier molecular flexibility index (Phi) is 5.77.